The molecule has 1 spiro atoms. The van der Waals surface area contributed by atoms with E-state index in [1.165, 1.54) is 32.1 Å². The fraction of sp³-hybridized carbons (Fsp3) is 0.875. The van der Waals surface area contributed by atoms with Crippen molar-refractivity contribution >= 4 is 11.8 Å². The quantitative estimate of drug-likeness (QED) is 0.729. The number of rotatable bonds is 7. The number of hydrogen-bond donors (Lipinski definition) is 1. The lowest BCUT2D eigenvalue weighted by atomic mass is 9.93. The lowest BCUT2D eigenvalue weighted by Gasteiger charge is -2.39. The number of hydrogen-bond acceptors (Lipinski definition) is 2. The highest BCUT2D eigenvalue weighted by atomic mass is 16.2. The van der Waals surface area contributed by atoms with Gasteiger partial charge in [0.25, 0.3) is 0 Å². The average molecular weight is 280 g/mol. The first-order valence-corrected chi connectivity index (χ1v) is 8.28. The van der Waals surface area contributed by atoms with Crippen LogP contribution in [0.1, 0.15) is 71.1 Å². The number of nitrogens with one attached hydrogen (secondary N) is 1. The molecule has 0 unspecified atom stereocenters. The predicted octanol–water partition coefficient (Wildman–Crippen LogP) is 2.62. The first-order chi connectivity index (χ1) is 9.68. The van der Waals surface area contributed by atoms with Crippen LogP contribution in [-0.2, 0) is 9.59 Å². The lowest BCUT2D eigenvalue weighted by Crippen LogP contribution is -2.65. The number of nitrogens with zero attached hydrogens (tertiary/aromatic N) is 1. The van der Waals surface area contributed by atoms with Crippen LogP contribution in [0.4, 0.5) is 0 Å². The normalized spacial score (nSPS) is 21.6. The molecule has 0 aromatic carbocycles. The molecule has 0 radical (unpaired) electrons. The Bertz CT molecular complexity index is 348. The summed E-state index contributed by atoms with van der Waals surface area (Å²) in [5.74, 6) is 0.195. The molecule has 0 bridgehead atoms. The zero-order chi connectivity index (χ0) is 14.4. The Labute approximate surface area is 122 Å². The second kappa shape index (κ2) is 7.09. The van der Waals surface area contributed by atoms with Crippen molar-refractivity contribution in [2.45, 2.75) is 76.7 Å². The van der Waals surface area contributed by atoms with Crippen molar-refractivity contribution < 1.29 is 9.59 Å². The molecule has 4 heteroatoms. The maximum absolute atomic E-state index is 12.6. The Morgan fingerprint density at radius 1 is 1.05 bits per heavy atom. The van der Waals surface area contributed by atoms with Crippen LogP contribution in [-0.4, -0.2) is 35.3 Å². The van der Waals surface area contributed by atoms with Crippen LogP contribution in [0.5, 0.6) is 0 Å². The van der Waals surface area contributed by atoms with Gasteiger partial charge in [-0.2, -0.15) is 0 Å². The number of carbonyl (C=O) groups excluding carboxylic acids is 2. The molecule has 0 aromatic heterocycles. The van der Waals surface area contributed by atoms with Crippen molar-refractivity contribution in [3.8, 4) is 0 Å². The molecule has 1 aliphatic carbocycles. The van der Waals surface area contributed by atoms with Crippen molar-refractivity contribution in [1.29, 1.82) is 0 Å². The van der Waals surface area contributed by atoms with Gasteiger partial charge in [0.1, 0.15) is 5.54 Å². The molecule has 1 N–H and O–H groups in total. The Kier molecular flexibility index (Phi) is 5.44. The molecule has 1 aliphatic heterocycles. The first-order valence-electron chi connectivity index (χ1n) is 8.28. The summed E-state index contributed by atoms with van der Waals surface area (Å²) in [7, 11) is 0. The predicted molar refractivity (Wildman–Crippen MR) is 79.3 cm³/mol. The van der Waals surface area contributed by atoms with E-state index < -0.39 is 5.54 Å². The van der Waals surface area contributed by atoms with E-state index >= 15 is 0 Å². The molecule has 4 nitrogen and oxygen atoms in total. The largest absolute Gasteiger partial charge is 0.340 e. The zero-order valence-electron chi connectivity index (χ0n) is 12.7. The van der Waals surface area contributed by atoms with E-state index in [4.69, 9.17) is 0 Å². The topological polar surface area (TPSA) is 49.4 Å². The van der Waals surface area contributed by atoms with Gasteiger partial charge < -0.3 is 10.2 Å². The van der Waals surface area contributed by atoms with Gasteiger partial charge in [-0.05, 0) is 19.3 Å². The molecule has 2 fully saturated rings. The van der Waals surface area contributed by atoms with Crippen molar-refractivity contribution in [2.75, 3.05) is 13.1 Å². The van der Waals surface area contributed by atoms with Gasteiger partial charge in [-0.15, -0.1) is 0 Å². The Morgan fingerprint density at radius 2 is 1.70 bits per heavy atom. The molecule has 1 saturated heterocycles. The highest BCUT2D eigenvalue weighted by Gasteiger charge is 2.47. The van der Waals surface area contributed by atoms with Crippen molar-refractivity contribution in [3.05, 3.63) is 0 Å². The van der Waals surface area contributed by atoms with Gasteiger partial charge >= 0.3 is 0 Å². The standard InChI is InChI=1S/C16H28N2O2/c1-2-3-4-5-6-9-12-18-13-14(19)17-16(15(18)20)10-7-8-11-16/h2-13H2,1H3,(H,17,19). The van der Waals surface area contributed by atoms with E-state index in [-0.39, 0.29) is 18.4 Å². The molecule has 2 aliphatic rings. The summed E-state index contributed by atoms with van der Waals surface area (Å²) in [6.07, 6.45) is 11.0. The third-order valence-corrected chi connectivity index (χ3v) is 4.65. The third kappa shape index (κ3) is 3.53. The van der Waals surface area contributed by atoms with Gasteiger partial charge in [0.15, 0.2) is 0 Å². The second-order valence-electron chi connectivity index (χ2n) is 6.33. The van der Waals surface area contributed by atoms with Gasteiger partial charge in [0.05, 0.1) is 6.54 Å². The van der Waals surface area contributed by atoms with Gasteiger partial charge in [-0.3, -0.25) is 9.59 Å². The summed E-state index contributed by atoms with van der Waals surface area (Å²) in [5.41, 5.74) is -0.544. The summed E-state index contributed by atoms with van der Waals surface area (Å²) in [5, 5.41) is 2.96. The molecular formula is C16H28N2O2. The van der Waals surface area contributed by atoms with Gasteiger partial charge in [0.2, 0.25) is 11.8 Å². The Hall–Kier alpha value is -1.06. The number of piperazine rings is 1. The van der Waals surface area contributed by atoms with E-state index in [1.807, 2.05) is 0 Å². The monoisotopic (exact) mass is 280 g/mol. The minimum absolute atomic E-state index is 0.0254. The summed E-state index contributed by atoms with van der Waals surface area (Å²) in [4.78, 5) is 26.2. The van der Waals surface area contributed by atoms with Gasteiger partial charge in [-0.25, -0.2) is 0 Å². The molecule has 0 aromatic rings. The van der Waals surface area contributed by atoms with Crippen LogP contribution in [0.15, 0.2) is 0 Å². The van der Waals surface area contributed by atoms with E-state index in [1.54, 1.807) is 4.90 Å². The highest BCUT2D eigenvalue weighted by Crippen LogP contribution is 2.33. The molecule has 1 saturated carbocycles. The smallest absolute Gasteiger partial charge is 0.248 e. The van der Waals surface area contributed by atoms with E-state index in [0.717, 1.165) is 38.6 Å². The molecule has 1 heterocycles. The fourth-order valence-corrected chi connectivity index (χ4v) is 3.49. The molecule has 114 valence electrons. The first kappa shape index (κ1) is 15.3. The van der Waals surface area contributed by atoms with Gasteiger partial charge in [-0.1, -0.05) is 51.9 Å². The van der Waals surface area contributed by atoms with Gasteiger partial charge in [0, 0.05) is 6.54 Å². The highest BCUT2D eigenvalue weighted by molar-refractivity contribution is 5.98. The maximum Gasteiger partial charge on any atom is 0.248 e. The van der Waals surface area contributed by atoms with Crippen molar-refractivity contribution in [3.63, 3.8) is 0 Å². The minimum Gasteiger partial charge on any atom is -0.340 e. The van der Waals surface area contributed by atoms with E-state index in [2.05, 4.69) is 12.2 Å². The molecule has 2 amide bonds. The lowest BCUT2D eigenvalue weighted by molar-refractivity contribution is -0.149. The SMILES string of the molecule is CCCCCCCCN1CC(=O)NC2(CCCC2)C1=O. The van der Waals surface area contributed by atoms with Crippen LogP contribution in [0.25, 0.3) is 0 Å². The third-order valence-electron chi connectivity index (χ3n) is 4.65. The average Bonchev–Trinajstić information content (AvgIpc) is 2.88. The van der Waals surface area contributed by atoms with Crippen molar-refractivity contribution in [1.82, 2.24) is 10.2 Å². The second-order valence-corrected chi connectivity index (χ2v) is 6.33. The Balaban J connectivity index is 1.78. The Morgan fingerprint density at radius 3 is 2.40 bits per heavy atom. The summed E-state index contributed by atoms with van der Waals surface area (Å²) < 4.78 is 0. The van der Waals surface area contributed by atoms with Crippen molar-refractivity contribution in [2.24, 2.45) is 0 Å². The van der Waals surface area contributed by atoms with Crippen LogP contribution >= 0.6 is 0 Å². The van der Waals surface area contributed by atoms with Crippen LogP contribution in [0.2, 0.25) is 0 Å². The summed E-state index contributed by atoms with van der Waals surface area (Å²) in [6.45, 7) is 3.22. The maximum atomic E-state index is 12.6. The number of amides is 2. The fourth-order valence-electron chi connectivity index (χ4n) is 3.49. The number of carbonyl (C=O) groups is 2. The summed E-state index contributed by atoms with van der Waals surface area (Å²) >= 11 is 0. The number of unbranched alkanes of at least 4 members (excludes halogenated alkanes) is 5. The molecule has 20 heavy (non-hydrogen) atoms. The minimum atomic E-state index is -0.544. The molecular weight excluding hydrogens is 252 g/mol. The van der Waals surface area contributed by atoms with E-state index in [0.29, 0.717) is 0 Å². The van der Waals surface area contributed by atoms with Crippen LogP contribution < -0.4 is 5.32 Å². The molecule has 0 atom stereocenters. The zero-order valence-corrected chi connectivity index (χ0v) is 12.7. The van der Waals surface area contributed by atoms with Crippen LogP contribution in [0.3, 0.4) is 0 Å². The van der Waals surface area contributed by atoms with Crippen LogP contribution in [0, 0.1) is 0 Å². The van der Waals surface area contributed by atoms with E-state index in [9.17, 15) is 9.59 Å². The molecule has 2 rings (SSSR count). The summed E-state index contributed by atoms with van der Waals surface area (Å²) in [6, 6.07) is 0.